The van der Waals surface area contributed by atoms with Gasteiger partial charge in [0.05, 0.1) is 0 Å². The monoisotopic (exact) mass is 297 g/mol. The third kappa shape index (κ3) is 6.89. The van der Waals surface area contributed by atoms with Gasteiger partial charge < -0.3 is 4.90 Å². The largest absolute Gasteiger partial charge is 0.325 e. The fourth-order valence-corrected chi connectivity index (χ4v) is 1.75. The highest BCUT2D eigenvalue weighted by atomic mass is 15.1. The number of nitrogens with zero attached hydrogens (tertiary/aromatic N) is 2. The van der Waals surface area contributed by atoms with Crippen molar-refractivity contribution in [1.82, 2.24) is 4.90 Å². The van der Waals surface area contributed by atoms with Gasteiger partial charge in [0.15, 0.2) is 12.4 Å². The molecule has 1 aromatic heterocycles. The van der Waals surface area contributed by atoms with Crippen molar-refractivity contribution in [1.29, 1.82) is 0 Å². The van der Waals surface area contributed by atoms with Gasteiger partial charge >= 0.3 is 0 Å². The van der Waals surface area contributed by atoms with Crippen molar-refractivity contribution in [2.75, 3.05) is 0 Å². The Bertz CT molecular complexity index is 621. The van der Waals surface area contributed by atoms with Crippen molar-refractivity contribution in [3.05, 3.63) is 84.9 Å². The summed E-state index contributed by atoms with van der Waals surface area (Å²) >= 11 is 0. The first-order valence-electron chi connectivity index (χ1n) is 7.80. The van der Waals surface area contributed by atoms with Crippen LogP contribution in [0.4, 0.5) is 0 Å². The highest BCUT2D eigenvalue weighted by molar-refractivity contribution is 5.28. The van der Waals surface area contributed by atoms with Crippen LogP contribution in [0, 0.1) is 6.21 Å². The molecule has 0 aliphatic carbocycles. The van der Waals surface area contributed by atoms with Gasteiger partial charge in [0.1, 0.15) is 0 Å². The van der Waals surface area contributed by atoms with Crippen LogP contribution >= 0.6 is 0 Å². The first kappa shape index (κ1) is 19.7. The Morgan fingerprint density at radius 2 is 1.95 bits per heavy atom. The van der Waals surface area contributed by atoms with Crippen molar-refractivity contribution >= 4 is 6.58 Å². The van der Waals surface area contributed by atoms with Crippen molar-refractivity contribution in [2.24, 2.45) is 0 Å². The Kier molecular flexibility index (Phi) is 11.1. The second kappa shape index (κ2) is 12.4. The Morgan fingerprint density at radius 3 is 2.45 bits per heavy atom. The molecule has 0 saturated carbocycles. The minimum atomic E-state index is 1.03. The average Bonchev–Trinajstić information content (AvgIpc) is 2.59. The van der Waals surface area contributed by atoms with Gasteiger partial charge in [-0.1, -0.05) is 39.5 Å². The Labute approximate surface area is 135 Å². The lowest BCUT2D eigenvalue weighted by Gasteiger charge is -2.17. The van der Waals surface area contributed by atoms with Crippen LogP contribution < -0.4 is 9.59 Å². The molecule has 0 amide bonds. The molecule has 1 aliphatic rings. The lowest BCUT2D eigenvalue weighted by atomic mass is 10.3. The fraction of sp³-hybridized carbons (Fsp3) is 0.250. The Hall–Kier alpha value is -2.35. The van der Waals surface area contributed by atoms with E-state index < -0.39 is 0 Å². The maximum atomic E-state index is 3.87. The second-order valence-electron chi connectivity index (χ2n) is 4.19. The van der Waals surface area contributed by atoms with Gasteiger partial charge in [-0.2, -0.15) is 4.24 Å². The zero-order valence-electron chi connectivity index (χ0n) is 14.4. The third-order valence-electron chi connectivity index (χ3n) is 2.77. The molecule has 0 unspecified atom stereocenters. The topological polar surface area (TPSA) is 9.14 Å². The molecule has 1 aromatic rings. The van der Waals surface area contributed by atoms with Crippen molar-refractivity contribution < 1.29 is 4.24 Å². The predicted octanol–water partition coefficient (Wildman–Crippen LogP) is 4.25. The number of rotatable bonds is 2. The van der Waals surface area contributed by atoms with Crippen LogP contribution in [0.15, 0.2) is 73.4 Å². The SMILES string of the molecule is C=CN1C=CC=C/C1=C/C.C=c1cccc[n+]1=CCC.CC. The first-order chi connectivity index (χ1) is 10.7. The summed E-state index contributed by atoms with van der Waals surface area (Å²) in [5, 5.41) is 1.03. The molecule has 2 heteroatoms. The number of hydrogen-bond acceptors (Lipinski definition) is 1. The Morgan fingerprint density at radius 1 is 1.23 bits per heavy atom. The van der Waals surface area contributed by atoms with Gasteiger partial charge in [-0.3, -0.25) is 0 Å². The summed E-state index contributed by atoms with van der Waals surface area (Å²) in [4.78, 5) is 1.97. The molecule has 0 fully saturated rings. The van der Waals surface area contributed by atoms with E-state index in [9.17, 15) is 0 Å². The summed E-state index contributed by atoms with van der Waals surface area (Å²) in [5.74, 6) is 0. The van der Waals surface area contributed by atoms with E-state index >= 15 is 0 Å². The summed E-state index contributed by atoms with van der Waals surface area (Å²) in [5.41, 5.74) is 1.16. The molecule has 0 bridgehead atoms. The van der Waals surface area contributed by atoms with Gasteiger partial charge in [-0.25, -0.2) is 0 Å². The molecule has 0 N–H and O–H groups in total. The molecular weight excluding hydrogens is 268 g/mol. The minimum Gasteiger partial charge on any atom is -0.325 e. The van der Waals surface area contributed by atoms with Crippen molar-refractivity contribution in [3.63, 3.8) is 0 Å². The third-order valence-corrected chi connectivity index (χ3v) is 2.77. The van der Waals surface area contributed by atoms with Gasteiger partial charge in [-0.15, -0.1) is 0 Å². The maximum Gasteiger partial charge on any atom is 0.203 e. The highest BCUT2D eigenvalue weighted by Crippen LogP contribution is 2.11. The van der Waals surface area contributed by atoms with E-state index in [-0.39, 0.29) is 0 Å². The Balaban J connectivity index is 0.000000360. The molecule has 2 nitrogen and oxygen atoms in total. The standard InChI is InChI=1S/C9H12N.C9H11N.C2H6/c1-3-7-10-8-5-4-6-9(10)2;1-3-9-7-5-6-8-10(9)4-2;1-2/h4-8H,2-3H2,1H3;3-8H,2H2,1H3;1-2H3/q+1;;/b;9-3-;. The van der Waals surface area contributed by atoms with E-state index in [4.69, 9.17) is 0 Å². The summed E-state index contributed by atoms with van der Waals surface area (Å²) in [6.07, 6.45) is 17.0. The van der Waals surface area contributed by atoms with Crippen molar-refractivity contribution in [2.45, 2.75) is 34.1 Å². The summed E-state index contributed by atoms with van der Waals surface area (Å²) < 4.78 is 2.03. The van der Waals surface area contributed by atoms with Crippen LogP contribution in [0.2, 0.25) is 0 Å². The van der Waals surface area contributed by atoms with Gasteiger partial charge in [0.25, 0.3) is 0 Å². The van der Waals surface area contributed by atoms with E-state index in [1.54, 1.807) is 6.20 Å². The smallest absolute Gasteiger partial charge is 0.203 e. The van der Waals surface area contributed by atoms with Gasteiger partial charge in [-0.05, 0) is 31.7 Å². The molecule has 0 spiro atoms. The van der Waals surface area contributed by atoms with Crippen LogP contribution in [0.3, 0.4) is 0 Å². The lowest BCUT2D eigenvalue weighted by Crippen LogP contribution is -2.34. The maximum absolute atomic E-state index is 3.87. The summed E-state index contributed by atoms with van der Waals surface area (Å²) in [7, 11) is 0. The number of hydrogen-bond donors (Lipinski definition) is 0. The molecule has 0 saturated heterocycles. The molecular formula is C20H29N2+. The predicted molar refractivity (Wildman–Crippen MR) is 97.2 cm³/mol. The lowest BCUT2D eigenvalue weighted by molar-refractivity contribution is -0.525. The number of pyridine rings is 1. The molecule has 2 rings (SSSR count). The molecule has 1 aliphatic heterocycles. The average molecular weight is 297 g/mol. The molecule has 22 heavy (non-hydrogen) atoms. The highest BCUT2D eigenvalue weighted by Gasteiger charge is 1.98. The van der Waals surface area contributed by atoms with E-state index in [1.165, 1.54) is 0 Å². The first-order valence-corrected chi connectivity index (χ1v) is 7.80. The van der Waals surface area contributed by atoms with Gasteiger partial charge in [0, 0.05) is 36.7 Å². The van der Waals surface area contributed by atoms with E-state index in [0.717, 1.165) is 17.5 Å². The molecule has 118 valence electrons. The van der Waals surface area contributed by atoms with Crippen LogP contribution in [0.25, 0.3) is 6.58 Å². The number of aromatic nitrogens is 1. The summed E-state index contributed by atoms with van der Waals surface area (Å²) in [6.45, 7) is 15.7. The van der Waals surface area contributed by atoms with Crippen LogP contribution in [0.5, 0.6) is 0 Å². The van der Waals surface area contributed by atoms with Crippen LogP contribution in [0.1, 0.15) is 34.1 Å². The minimum absolute atomic E-state index is 1.03. The van der Waals surface area contributed by atoms with Crippen LogP contribution in [-0.2, 0) is 0 Å². The molecule has 0 aromatic carbocycles. The zero-order chi connectivity index (χ0) is 16.8. The molecule has 0 radical (unpaired) electrons. The van der Waals surface area contributed by atoms with Gasteiger partial charge in [0.2, 0.25) is 5.35 Å². The van der Waals surface area contributed by atoms with Crippen molar-refractivity contribution in [3.8, 4) is 0 Å². The normalized spacial score (nSPS) is 14.8. The molecule has 2 heterocycles. The van der Waals surface area contributed by atoms with E-state index in [2.05, 4.69) is 26.3 Å². The quantitative estimate of drug-likeness (QED) is 0.742. The van der Waals surface area contributed by atoms with E-state index in [0.29, 0.717) is 0 Å². The van der Waals surface area contributed by atoms with E-state index in [1.807, 2.05) is 84.8 Å². The fourth-order valence-electron chi connectivity index (χ4n) is 1.75. The summed E-state index contributed by atoms with van der Waals surface area (Å²) in [6, 6.07) is 5.98. The second-order valence-corrected chi connectivity index (χ2v) is 4.19. The molecule has 0 atom stereocenters. The zero-order valence-corrected chi connectivity index (χ0v) is 14.4. The van der Waals surface area contributed by atoms with Crippen LogP contribution in [-0.4, -0.2) is 4.90 Å². The number of allylic oxidation sites excluding steroid dienone is 4.